The quantitative estimate of drug-likeness (QED) is 0.847. The molecule has 5 nitrogen and oxygen atoms in total. The second kappa shape index (κ2) is 6.68. The molecule has 0 unspecified atom stereocenters. The first-order valence-electron chi connectivity index (χ1n) is 5.96. The third-order valence-corrected chi connectivity index (χ3v) is 2.96. The summed E-state index contributed by atoms with van der Waals surface area (Å²) in [6.45, 7) is 6.94. The SMILES string of the molecule is CCN(C)C(=O)CNc1cc(Br)nc(C(C)C)n1. The molecular weight excluding hydrogens is 296 g/mol. The fourth-order valence-corrected chi connectivity index (χ4v) is 1.66. The lowest BCUT2D eigenvalue weighted by Gasteiger charge is -2.15. The largest absolute Gasteiger partial charge is 0.361 e. The topological polar surface area (TPSA) is 58.1 Å². The summed E-state index contributed by atoms with van der Waals surface area (Å²) in [5.74, 6) is 1.71. The van der Waals surface area contributed by atoms with E-state index in [1.165, 1.54) is 0 Å². The number of carbonyl (C=O) groups excluding carboxylic acids is 1. The number of hydrogen-bond acceptors (Lipinski definition) is 4. The molecule has 0 aliphatic rings. The lowest BCUT2D eigenvalue weighted by molar-refractivity contribution is -0.127. The van der Waals surface area contributed by atoms with Gasteiger partial charge in [0, 0.05) is 25.6 Å². The normalized spacial score (nSPS) is 10.6. The van der Waals surface area contributed by atoms with Gasteiger partial charge < -0.3 is 10.2 Å². The van der Waals surface area contributed by atoms with E-state index in [0.29, 0.717) is 12.4 Å². The summed E-state index contributed by atoms with van der Waals surface area (Å²) >= 11 is 3.34. The van der Waals surface area contributed by atoms with Crippen molar-refractivity contribution in [1.29, 1.82) is 0 Å². The molecule has 100 valence electrons. The van der Waals surface area contributed by atoms with Crippen LogP contribution in [0.3, 0.4) is 0 Å². The molecule has 18 heavy (non-hydrogen) atoms. The number of rotatable bonds is 5. The molecule has 1 amide bonds. The molecule has 0 radical (unpaired) electrons. The van der Waals surface area contributed by atoms with Crippen LogP contribution in [0.25, 0.3) is 0 Å². The van der Waals surface area contributed by atoms with Gasteiger partial charge in [-0.1, -0.05) is 13.8 Å². The monoisotopic (exact) mass is 314 g/mol. The van der Waals surface area contributed by atoms with Gasteiger partial charge in [0.25, 0.3) is 0 Å². The van der Waals surface area contributed by atoms with Crippen molar-refractivity contribution in [2.45, 2.75) is 26.7 Å². The number of hydrogen-bond donors (Lipinski definition) is 1. The van der Waals surface area contributed by atoms with Crippen LogP contribution in [0, 0.1) is 0 Å². The molecule has 1 N–H and O–H groups in total. The fourth-order valence-electron chi connectivity index (χ4n) is 1.26. The van der Waals surface area contributed by atoms with Crippen molar-refractivity contribution in [3.05, 3.63) is 16.5 Å². The van der Waals surface area contributed by atoms with E-state index in [1.54, 1.807) is 18.0 Å². The summed E-state index contributed by atoms with van der Waals surface area (Å²) in [6.07, 6.45) is 0. The van der Waals surface area contributed by atoms with Crippen LogP contribution in [0.4, 0.5) is 5.82 Å². The minimum Gasteiger partial charge on any atom is -0.361 e. The molecule has 0 aliphatic carbocycles. The lowest BCUT2D eigenvalue weighted by Crippen LogP contribution is -2.32. The second-order valence-corrected chi connectivity index (χ2v) is 5.16. The van der Waals surface area contributed by atoms with Gasteiger partial charge in [-0.15, -0.1) is 0 Å². The van der Waals surface area contributed by atoms with Crippen molar-refractivity contribution >= 4 is 27.7 Å². The van der Waals surface area contributed by atoms with Crippen LogP contribution in [0.2, 0.25) is 0 Å². The summed E-state index contributed by atoms with van der Waals surface area (Å²) < 4.78 is 0.722. The number of amides is 1. The van der Waals surface area contributed by atoms with Crippen LogP contribution >= 0.6 is 15.9 Å². The van der Waals surface area contributed by atoms with Gasteiger partial charge in [0.15, 0.2) is 0 Å². The Bertz CT molecular complexity index is 423. The Morgan fingerprint density at radius 3 is 2.72 bits per heavy atom. The van der Waals surface area contributed by atoms with Gasteiger partial charge in [-0.3, -0.25) is 4.79 Å². The number of nitrogens with zero attached hydrogens (tertiary/aromatic N) is 3. The maximum atomic E-state index is 11.7. The molecule has 0 aliphatic heterocycles. The predicted molar refractivity (Wildman–Crippen MR) is 75.6 cm³/mol. The van der Waals surface area contributed by atoms with Crippen LogP contribution in [0.1, 0.15) is 32.5 Å². The average molecular weight is 315 g/mol. The van der Waals surface area contributed by atoms with Gasteiger partial charge in [0.2, 0.25) is 5.91 Å². The smallest absolute Gasteiger partial charge is 0.241 e. The Kier molecular flexibility index (Phi) is 5.53. The molecule has 6 heteroatoms. The number of nitrogens with one attached hydrogen (secondary N) is 1. The molecule has 0 saturated heterocycles. The van der Waals surface area contributed by atoms with Crippen LogP contribution < -0.4 is 5.32 Å². The standard InChI is InChI=1S/C12H19BrN4O/c1-5-17(4)11(18)7-14-10-6-9(13)15-12(16-10)8(2)3/h6,8H,5,7H2,1-4H3,(H,14,15,16). The van der Waals surface area contributed by atoms with Crippen LogP contribution in [0.15, 0.2) is 10.7 Å². The maximum absolute atomic E-state index is 11.7. The van der Waals surface area contributed by atoms with E-state index in [9.17, 15) is 4.79 Å². The van der Waals surface area contributed by atoms with E-state index < -0.39 is 0 Å². The number of anilines is 1. The number of aromatic nitrogens is 2. The Morgan fingerprint density at radius 1 is 1.50 bits per heavy atom. The Balaban J connectivity index is 2.70. The number of likely N-dealkylation sites (N-methyl/N-ethyl adjacent to an activating group) is 1. The highest BCUT2D eigenvalue weighted by Gasteiger charge is 2.09. The third kappa shape index (κ3) is 4.25. The van der Waals surface area contributed by atoms with Crippen LogP contribution in [-0.4, -0.2) is 40.9 Å². The molecule has 1 heterocycles. The molecule has 0 spiro atoms. The molecule has 1 rings (SSSR count). The van der Waals surface area contributed by atoms with Crippen molar-refractivity contribution in [1.82, 2.24) is 14.9 Å². The molecule has 0 atom stereocenters. The van der Waals surface area contributed by atoms with E-state index in [-0.39, 0.29) is 18.4 Å². The molecule has 0 aromatic carbocycles. The summed E-state index contributed by atoms with van der Waals surface area (Å²) in [7, 11) is 1.78. The first kappa shape index (κ1) is 14.9. The number of halogens is 1. The Morgan fingerprint density at radius 2 is 2.17 bits per heavy atom. The lowest BCUT2D eigenvalue weighted by atomic mass is 10.2. The molecule has 0 bridgehead atoms. The highest BCUT2D eigenvalue weighted by Crippen LogP contribution is 2.17. The zero-order valence-electron chi connectivity index (χ0n) is 11.2. The van der Waals surface area contributed by atoms with Crippen LogP contribution in [-0.2, 0) is 4.79 Å². The van der Waals surface area contributed by atoms with E-state index in [2.05, 4.69) is 31.2 Å². The van der Waals surface area contributed by atoms with E-state index in [1.807, 2.05) is 20.8 Å². The Labute approximate surface area is 116 Å². The van der Waals surface area contributed by atoms with Crippen molar-refractivity contribution in [3.63, 3.8) is 0 Å². The minimum absolute atomic E-state index is 0.0401. The summed E-state index contributed by atoms with van der Waals surface area (Å²) in [5.41, 5.74) is 0. The third-order valence-electron chi connectivity index (χ3n) is 2.55. The molecule has 1 aromatic heterocycles. The first-order chi connectivity index (χ1) is 8.43. The zero-order valence-corrected chi connectivity index (χ0v) is 12.8. The number of carbonyl (C=O) groups is 1. The predicted octanol–water partition coefficient (Wildman–Crippen LogP) is 2.25. The summed E-state index contributed by atoms with van der Waals surface area (Å²) in [5, 5.41) is 3.02. The first-order valence-corrected chi connectivity index (χ1v) is 6.75. The zero-order chi connectivity index (χ0) is 13.7. The summed E-state index contributed by atoms with van der Waals surface area (Å²) in [4.78, 5) is 22.0. The van der Waals surface area contributed by atoms with Gasteiger partial charge in [-0.2, -0.15) is 0 Å². The molecule has 0 saturated carbocycles. The van der Waals surface area contributed by atoms with Crippen molar-refractivity contribution < 1.29 is 4.79 Å². The highest BCUT2D eigenvalue weighted by molar-refractivity contribution is 9.10. The van der Waals surface area contributed by atoms with Crippen molar-refractivity contribution in [3.8, 4) is 0 Å². The Hall–Kier alpha value is -1.17. The van der Waals surface area contributed by atoms with E-state index in [4.69, 9.17) is 0 Å². The molecular formula is C12H19BrN4O. The van der Waals surface area contributed by atoms with Gasteiger partial charge in [0.1, 0.15) is 16.2 Å². The average Bonchev–Trinajstić information content (AvgIpc) is 2.34. The van der Waals surface area contributed by atoms with Gasteiger partial charge >= 0.3 is 0 Å². The minimum atomic E-state index is 0.0401. The molecule has 0 fully saturated rings. The van der Waals surface area contributed by atoms with Crippen molar-refractivity contribution in [2.24, 2.45) is 0 Å². The van der Waals surface area contributed by atoms with Gasteiger partial charge in [-0.25, -0.2) is 9.97 Å². The van der Waals surface area contributed by atoms with Crippen molar-refractivity contribution in [2.75, 3.05) is 25.5 Å². The van der Waals surface area contributed by atoms with E-state index in [0.717, 1.165) is 10.4 Å². The summed E-state index contributed by atoms with van der Waals surface area (Å²) in [6, 6.07) is 1.77. The van der Waals surface area contributed by atoms with Crippen LogP contribution in [0.5, 0.6) is 0 Å². The second-order valence-electron chi connectivity index (χ2n) is 4.35. The van der Waals surface area contributed by atoms with Gasteiger partial charge in [0.05, 0.1) is 6.54 Å². The molecule has 1 aromatic rings. The fraction of sp³-hybridized carbons (Fsp3) is 0.583. The van der Waals surface area contributed by atoms with Gasteiger partial charge in [-0.05, 0) is 22.9 Å². The van der Waals surface area contributed by atoms with E-state index >= 15 is 0 Å². The highest BCUT2D eigenvalue weighted by atomic mass is 79.9. The maximum Gasteiger partial charge on any atom is 0.241 e.